The van der Waals surface area contributed by atoms with Gasteiger partial charge in [0.2, 0.25) is 0 Å². The highest BCUT2D eigenvalue weighted by Crippen LogP contribution is 2.44. The molecule has 3 N–H and O–H groups in total. The molecule has 1 saturated carbocycles. The van der Waals surface area contributed by atoms with Crippen LogP contribution in [0.15, 0.2) is 41.4 Å². The standard InChI is InChI=1S/C19H19ClFN3O2/c20-14-4-2-11(8-15(14)21)13-10-16(13)24-19(22)23-12-3-5-17-18(9-12)26-7-1-6-25-17/h2-5,8-9,13,16H,1,6-7,10H2,(H3,22,23,24)/t13-,16+/m0/s1. The Kier molecular flexibility index (Phi) is 4.59. The van der Waals surface area contributed by atoms with Crippen molar-refractivity contribution in [2.24, 2.45) is 10.7 Å². The summed E-state index contributed by atoms with van der Waals surface area (Å²) in [6.45, 7) is 1.28. The Morgan fingerprint density at radius 3 is 2.77 bits per heavy atom. The first-order valence-corrected chi connectivity index (χ1v) is 8.93. The molecule has 2 aromatic carbocycles. The van der Waals surface area contributed by atoms with E-state index >= 15 is 0 Å². The van der Waals surface area contributed by atoms with E-state index in [9.17, 15) is 4.39 Å². The maximum atomic E-state index is 13.6. The van der Waals surface area contributed by atoms with Gasteiger partial charge in [-0.25, -0.2) is 9.38 Å². The predicted octanol–water partition coefficient (Wildman–Crippen LogP) is 3.92. The summed E-state index contributed by atoms with van der Waals surface area (Å²) in [5, 5.41) is 3.20. The summed E-state index contributed by atoms with van der Waals surface area (Å²) in [6.07, 6.45) is 1.69. The number of anilines is 1. The zero-order valence-corrected chi connectivity index (χ0v) is 14.8. The fraction of sp³-hybridized carbons (Fsp3) is 0.316. The fourth-order valence-electron chi connectivity index (χ4n) is 3.03. The summed E-state index contributed by atoms with van der Waals surface area (Å²) in [7, 11) is 0. The van der Waals surface area contributed by atoms with Gasteiger partial charge in [0.1, 0.15) is 5.82 Å². The van der Waals surface area contributed by atoms with Crippen LogP contribution in [0.5, 0.6) is 11.5 Å². The molecule has 1 fully saturated rings. The van der Waals surface area contributed by atoms with E-state index in [1.165, 1.54) is 6.07 Å². The number of nitrogens with one attached hydrogen (secondary N) is 1. The normalized spacial score (nSPS) is 21.8. The molecule has 136 valence electrons. The Morgan fingerprint density at radius 2 is 1.96 bits per heavy atom. The highest BCUT2D eigenvalue weighted by atomic mass is 35.5. The van der Waals surface area contributed by atoms with Crippen molar-refractivity contribution in [3.05, 3.63) is 52.8 Å². The number of nitrogens with two attached hydrogens (primary N) is 1. The van der Waals surface area contributed by atoms with E-state index in [2.05, 4.69) is 10.3 Å². The van der Waals surface area contributed by atoms with Gasteiger partial charge in [0.05, 0.1) is 24.3 Å². The molecule has 0 saturated heterocycles. The topological polar surface area (TPSA) is 68.9 Å². The van der Waals surface area contributed by atoms with Crippen molar-refractivity contribution in [1.82, 2.24) is 0 Å². The lowest BCUT2D eigenvalue weighted by Crippen LogP contribution is -2.23. The van der Waals surface area contributed by atoms with Crippen molar-refractivity contribution in [3.8, 4) is 11.5 Å². The molecular weight excluding hydrogens is 357 g/mol. The Balaban J connectivity index is 1.41. The summed E-state index contributed by atoms with van der Waals surface area (Å²) >= 11 is 5.73. The van der Waals surface area contributed by atoms with Gasteiger partial charge in [-0.3, -0.25) is 0 Å². The van der Waals surface area contributed by atoms with Gasteiger partial charge in [-0.1, -0.05) is 17.7 Å². The molecule has 0 unspecified atom stereocenters. The van der Waals surface area contributed by atoms with E-state index in [-0.39, 0.29) is 17.0 Å². The summed E-state index contributed by atoms with van der Waals surface area (Å²) in [5.41, 5.74) is 7.69. The van der Waals surface area contributed by atoms with Crippen molar-refractivity contribution in [1.29, 1.82) is 0 Å². The molecule has 1 aliphatic carbocycles. The van der Waals surface area contributed by atoms with E-state index in [0.29, 0.717) is 24.9 Å². The number of aliphatic imine (C=N–C) groups is 1. The predicted molar refractivity (Wildman–Crippen MR) is 99.9 cm³/mol. The molecule has 0 bridgehead atoms. The van der Waals surface area contributed by atoms with Crippen LogP contribution in [-0.2, 0) is 0 Å². The minimum Gasteiger partial charge on any atom is -0.490 e. The maximum absolute atomic E-state index is 13.6. The second-order valence-corrected chi connectivity index (χ2v) is 6.84. The van der Waals surface area contributed by atoms with Crippen molar-refractivity contribution in [3.63, 3.8) is 0 Å². The number of halogens is 2. The summed E-state index contributed by atoms with van der Waals surface area (Å²) in [6, 6.07) is 10.5. The molecule has 0 aromatic heterocycles. The number of nitrogens with zero attached hydrogens (tertiary/aromatic N) is 1. The number of benzene rings is 2. The second kappa shape index (κ2) is 7.03. The number of hydrogen-bond acceptors (Lipinski definition) is 3. The van der Waals surface area contributed by atoms with E-state index in [4.69, 9.17) is 26.8 Å². The van der Waals surface area contributed by atoms with Gasteiger partial charge in [0, 0.05) is 24.1 Å². The highest BCUT2D eigenvalue weighted by Gasteiger charge is 2.39. The number of fused-ring (bicyclic) bond motifs is 1. The van der Waals surface area contributed by atoms with Crippen LogP contribution in [0, 0.1) is 5.82 Å². The first-order chi connectivity index (χ1) is 12.6. The van der Waals surface area contributed by atoms with Crippen molar-refractivity contribution >= 4 is 23.2 Å². The summed E-state index contributed by atoms with van der Waals surface area (Å²) in [4.78, 5) is 4.48. The third-order valence-electron chi connectivity index (χ3n) is 4.45. The van der Waals surface area contributed by atoms with Crippen LogP contribution in [0.3, 0.4) is 0 Å². The molecule has 7 heteroatoms. The lowest BCUT2D eigenvalue weighted by molar-refractivity contribution is 0.297. The molecule has 1 heterocycles. The molecule has 0 spiro atoms. The quantitative estimate of drug-likeness (QED) is 0.630. The largest absolute Gasteiger partial charge is 0.490 e. The lowest BCUT2D eigenvalue weighted by atomic mass is 10.1. The minimum absolute atomic E-state index is 0.0449. The zero-order chi connectivity index (χ0) is 18.1. The Morgan fingerprint density at radius 1 is 1.15 bits per heavy atom. The molecule has 0 radical (unpaired) electrons. The number of guanidine groups is 1. The zero-order valence-electron chi connectivity index (χ0n) is 14.0. The molecule has 4 rings (SSSR count). The number of ether oxygens (including phenoxy) is 2. The maximum Gasteiger partial charge on any atom is 0.193 e. The van der Waals surface area contributed by atoms with Gasteiger partial charge < -0.3 is 20.5 Å². The number of hydrogen-bond donors (Lipinski definition) is 2. The van der Waals surface area contributed by atoms with Gasteiger partial charge in [-0.2, -0.15) is 0 Å². The molecule has 26 heavy (non-hydrogen) atoms. The molecule has 0 amide bonds. The van der Waals surface area contributed by atoms with Crippen molar-refractivity contribution in [2.45, 2.75) is 24.8 Å². The van der Waals surface area contributed by atoms with E-state index in [1.807, 2.05) is 24.3 Å². The molecular formula is C19H19ClFN3O2. The van der Waals surface area contributed by atoms with Crippen LogP contribution >= 0.6 is 11.6 Å². The van der Waals surface area contributed by atoms with E-state index in [1.54, 1.807) is 6.07 Å². The average molecular weight is 376 g/mol. The lowest BCUT2D eigenvalue weighted by Gasteiger charge is -2.10. The van der Waals surface area contributed by atoms with E-state index in [0.717, 1.165) is 29.8 Å². The Bertz CT molecular complexity index is 859. The first-order valence-electron chi connectivity index (χ1n) is 8.55. The second-order valence-electron chi connectivity index (χ2n) is 6.43. The highest BCUT2D eigenvalue weighted by molar-refractivity contribution is 6.30. The van der Waals surface area contributed by atoms with Gasteiger partial charge in [0.15, 0.2) is 17.5 Å². The van der Waals surface area contributed by atoms with Crippen LogP contribution in [0.25, 0.3) is 0 Å². The Labute approximate surface area is 156 Å². The van der Waals surface area contributed by atoms with Crippen LogP contribution in [0.1, 0.15) is 24.3 Å². The molecule has 2 aromatic rings. The van der Waals surface area contributed by atoms with Crippen LogP contribution in [-0.4, -0.2) is 25.2 Å². The fourth-order valence-corrected chi connectivity index (χ4v) is 3.14. The smallest absolute Gasteiger partial charge is 0.193 e. The number of rotatable bonds is 3. The van der Waals surface area contributed by atoms with Gasteiger partial charge in [-0.05, 0) is 36.2 Å². The Hall–Kier alpha value is -2.47. The van der Waals surface area contributed by atoms with Gasteiger partial charge in [-0.15, -0.1) is 0 Å². The SMILES string of the molecule is NC(=N[C@@H]1C[C@H]1c1ccc(Cl)c(F)c1)Nc1ccc2c(c1)OCCCO2. The summed E-state index contributed by atoms with van der Waals surface area (Å²) < 4.78 is 24.9. The van der Waals surface area contributed by atoms with Crippen LogP contribution in [0.4, 0.5) is 10.1 Å². The molecule has 5 nitrogen and oxygen atoms in total. The molecule has 1 aliphatic heterocycles. The van der Waals surface area contributed by atoms with E-state index < -0.39 is 5.82 Å². The minimum atomic E-state index is -0.405. The third kappa shape index (κ3) is 3.70. The monoisotopic (exact) mass is 375 g/mol. The average Bonchev–Trinajstić information content (AvgIpc) is 3.40. The van der Waals surface area contributed by atoms with Crippen LogP contribution < -0.4 is 20.5 Å². The van der Waals surface area contributed by atoms with Crippen molar-refractivity contribution in [2.75, 3.05) is 18.5 Å². The van der Waals surface area contributed by atoms with Crippen LogP contribution in [0.2, 0.25) is 5.02 Å². The third-order valence-corrected chi connectivity index (χ3v) is 4.76. The van der Waals surface area contributed by atoms with Crippen molar-refractivity contribution < 1.29 is 13.9 Å². The summed E-state index contributed by atoms with van der Waals surface area (Å²) in [5.74, 6) is 1.52. The van der Waals surface area contributed by atoms with Gasteiger partial charge in [0.25, 0.3) is 0 Å². The molecule has 2 aliphatic rings. The van der Waals surface area contributed by atoms with Gasteiger partial charge >= 0.3 is 0 Å². The first kappa shape index (κ1) is 17.0. The molecule has 2 atom stereocenters.